The minimum Gasteiger partial charge on any atom is -0.391 e. The van der Waals surface area contributed by atoms with Crippen molar-refractivity contribution in [2.75, 3.05) is 13.6 Å². The lowest BCUT2D eigenvalue weighted by atomic mass is 10.1. The molecule has 0 spiro atoms. The van der Waals surface area contributed by atoms with Crippen LogP contribution in [0, 0.1) is 12.8 Å². The number of hydrogen-bond donors (Lipinski definition) is 1. The number of sulfonamides is 1. The van der Waals surface area contributed by atoms with Crippen LogP contribution in [0.1, 0.15) is 36.1 Å². The second kappa shape index (κ2) is 5.91. The second-order valence-electron chi connectivity index (χ2n) is 5.27. The van der Waals surface area contributed by atoms with Gasteiger partial charge in [-0.3, -0.25) is 0 Å². The van der Waals surface area contributed by atoms with Crippen LogP contribution in [0.5, 0.6) is 0 Å². The van der Waals surface area contributed by atoms with Crippen LogP contribution in [0.4, 0.5) is 0 Å². The number of aliphatic hydroxyl groups excluding tert-OH is 1. The summed E-state index contributed by atoms with van der Waals surface area (Å²) in [6, 6.07) is 0. The van der Waals surface area contributed by atoms with E-state index in [1.54, 1.807) is 19.4 Å². The minimum absolute atomic E-state index is 0.218. The molecule has 0 aliphatic heterocycles. The fourth-order valence-electron chi connectivity index (χ4n) is 2.75. The summed E-state index contributed by atoms with van der Waals surface area (Å²) >= 11 is 1.31. The van der Waals surface area contributed by atoms with E-state index in [9.17, 15) is 13.5 Å². The van der Waals surface area contributed by atoms with E-state index in [1.807, 2.05) is 0 Å². The quantitative estimate of drug-likeness (QED) is 0.908. The molecule has 0 amide bonds. The SMILES string of the molecule is Cc1csc(CO)c1S(=O)(=O)N(C)CC1CCCC1. The van der Waals surface area contributed by atoms with Crippen molar-refractivity contribution in [3.8, 4) is 0 Å². The molecule has 0 atom stereocenters. The second-order valence-corrected chi connectivity index (χ2v) is 8.21. The van der Waals surface area contributed by atoms with Crippen LogP contribution in [0.2, 0.25) is 0 Å². The molecule has 6 heteroatoms. The molecule has 0 bridgehead atoms. The Morgan fingerprint density at radius 1 is 1.42 bits per heavy atom. The maximum Gasteiger partial charge on any atom is 0.244 e. The van der Waals surface area contributed by atoms with Crippen LogP contribution in [-0.2, 0) is 16.6 Å². The first-order valence-electron chi connectivity index (χ1n) is 6.61. The van der Waals surface area contributed by atoms with Crippen molar-refractivity contribution in [1.29, 1.82) is 0 Å². The van der Waals surface area contributed by atoms with Gasteiger partial charge in [0.05, 0.1) is 11.5 Å². The van der Waals surface area contributed by atoms with Gasteiger partial charge in [0, 0.05) is 13.6 Å². The number of rotatable bonds is 5. The third-order valence-corrected chi connectivity index (χ3v) is 7.06. The van der Waals surface area contributed by atoms with E-state index in [0.717, 1.165) is 18.4 Å². The van der Waals surface area contributed by atoms with Crippen LogP contribution < -0.4 is 0 Å². The maximum atomic E-state index is 12.6. The Morgan fingerprint density at radius 2 is 2.05 bits per heavy atom. The molecule has 0 radical (unpaired) electrons. The largest absolute Gasteiger partial charge is 0.391 e. The van der Waals surface area contributed by atoms with Gasteiger partial charge < -0.3 is 5.11 Å². The fourth-order valence-corrected chi connectivity index (χ4v) is 5.60. The van der Waals surface area contributed by atoms with Gasteiger partial charge in [-0.1, -0.05) is 12.8 Å². The van der Waals surface area contributed by atoms with E-state index in [4.69, 9.17) is 0 Å². The average molecular weight is 303 g/mol. The van der Waals surface area contributed by atoms with E-state index < -0.39 is 10.0 Å². The monoisotopic (exact) mass is 303 g/mol. The number of aryl methyl sites for hydroxylation is 1. The van der Waals surface area contributed by atoms with Gasteiger partial charge in [-0.2, -0.15) is 0 Å². The zero-order valence-corrected chi connectivity index (χ0v) is 13.1. The number of hydrogen-bond acceptors (Lipinski definition) is 4. The molecule has 108 valence electrons. The normalized spacial score (nSPS) is 17.5. The molecule has 0 aromatic carbocycles. The Kier molecular flexibility index (Phi) is 4.66. The van der Waals surface area contributed by atoms with Gasteiger partial charge in [0.2, 0.25) is 10.0 Å². The van der Waals surface area contributed by atoms with E-state index in [2.05, 4.69) is 0 Å². The molecular weight excluding hydrogens is 282 g/mol. The average Bonchev–Trinajstić information content (AvgIpc) is 2.98. The lowest BCUT2D eigenvalue weighted by molar-refractivity contribution is 0.282. The predicted octanol–water partition coefficient (Wildman–Crippen LogP) is 2.36. The Hall–Kier alpha value is -0.430. The first-order chi connectivity index (χ1) is 8.96. The first-order valence-corrected chi connectivity index (χ1v) is 8.93. The molecule has 4 nitrogen and oxygen atoms in total. The molecule has 0 unspecified atom stereocenters. The smallest absolute Gasteiger partial charge is 0.244 e. The Morgan fingerprint density at radius 3 is 2.63 bits per heavy atom. The lowest BCUT2D eigenvalue weighted by Crippen LogP contribution is -2.31. The first kappa shape index (κ1) is 15.0. The Labute approximate surface area is 119 Å². The molecule has 1 aromatic rings. The van der Waals surface area contributed by atoms with Gasteiger partial charge >= 0.3 is 0 Å². The summed E-state index contributed by atoms with van der Waals surface area (Å²) in [5.41, 5.74) is 0.729. The van der Waals surface area contributed by atoms with Crippen molar-refractivity contribution in [3.63, 3.8) is 0 Å². The number of aliphatic hydroxyl groups is 1. The van der Waals surface area contributed by atoms with Crippen LogP contribution in [0.3, 0.4) is 0 Å². The summed E-state index contributed by atoms with van der Waals surface area (Å²) in [7, 11) is -1.83. The van der Waals surface area contributed by atoms with Crippen LogP contribution in [0.25, 0.3) is 0 Å². The van der Waals surface area contributed by atoms with Crippen molar-refractivity contribution >= 4 is 21.4 Å². The predicted molar refractivity (Wildman–Crippen MR) is 76.8 cm³/mol. The van der Waals surface area contributed by atoms with Gasteiger partial charge in [-0.25, -0.2) is 12.7 Å². The molecule has 1 aromatic heterocycles. The third-order valence-electron chi connectivity index (χ3n) is 3.79. The Bertz CT molecular complexity index is 530. The number of thiophene rings is 1. The molecule has 1 N–H and O–H groups in total. The molecule has 2 rings (SSSR count). The van der Waals surface area contributed by atoms with Crippen molar-refractivity contribution in [3.05, 3.63) is 15.8 Å². The minimum atomic E-state index is -3.47. The highest BCUT2D eigenvalue weighted by atomic mass is 32.2. The topological polar surface area (TPSA) is 57.6 Å². The molecular formula is C13H21NO3S2. The van der Waals surface area contributed by atoms with E-state index in [1.165, 1.54) is 28.5 Å². The molecule has 1 saturated carbocycles. The standard InChI is InChI=1S/C13H21NO3S2/c1-10-9-18-12(8-15)13(10)19(16,17)14(2)7-11-5-3-4-6-11/h9,11,15H,3-8H2,1-2H3. The van der Waals surface area contributed by atoms with Crippen molar-refractivity contribution in [1.82, 2.24) is 4.31 Å². The zero-order chi connectivity index (χ0) is 14.0. The summed E-state index contributed by atoms with van der Waals surface area (Å²) in [6.07, 6.45) is 4.65. The molecule has 1 fully saturated rings. The lowest BCUT2D eigenvalue weighted by Gasteiger charge is -2.21. The van der Waals surface area contributed by atoms with Crippen molar-refractivity contribution in [2.24, 2.45) is 5.92 Å². The van der Waals surface area contributed by atoms with Gasteiger partial charge in [0.1, 0.15) is 4.90 Å². The van der Waals surface area contributed by atoms with Crippen LogP contribution >= 0.6 is 11.3 Å². The maximum absolute atomic E-state index is 12.6. The highest BCUT2D eigenvalue weighted by Crippen LogP contribution is 2.31. The van der Waals surface area contributed by atoms with Gasteiger partial charge in [0.15, 0.2) is 0 Å². The third kappa shape index (κ3) is 3.02. The summed E-state index contributed by atoms with van der Waals surface area (Å²) in [5, 5.41) is 11.1. The zero-order valence-electron chi connectivity index (χ0n) is 11.4. The van der Waals surface area contributed by atoms with E-state index in [-0.39, 0.29) is 6.61 Å². The highest BCUT2D eigenvalue weighted by molar-refractivity contribution is 7.89. The number of nitrogens with zero attached hydrogens (tertiary/aromatic N) is 1. The van der Waals surface area contributed by atoms with Gasteiger partial charge in [0.25, 0.3) is 0 Å². The van der Waals surface area contributed by atoms with E-state index in [0.29, 0.717) is 22.2 Å². The summed E-state index contributed by atoms with van der Waals surface area (Å²) in [6.45, 7) is 2.15. The molecule has 19 heavy (non-hydrogen) atoms. The molecule has 1 heterocycles. The van der Waals surface area contributed by atoms with Gasteiger partial charge in [-0.15, -0.1) is 11.3 Å². The fraction of sp³-hybridized carbons (Fsp3) is 0.692. The summed E-state index contributed by atoms with van der Waals surface area (Å²) in [5.74, 6) is 0.483. The van der Waals surface area contributed by atoms with E-state index >= 15 is 0 Å². The molecule has 1 aliphatic rings. The molecule has 0 saturated heterocycles. The summed E-state index contributed by atoms with van der Waals surface area (Å²) in [4.78, 5) is 0.844. The molecule has 1 aliphatic carbocycles. The van der Waals surface area contributed by atoms with Crippen LogP contribution in [0.15, 0.2) is 10.3 Å². The van der Waals surface area contributed by atoms with Crippen molar-refractivity contribution < 1.29 is 13.5 Å². The summed E-state index contributed by atoms with van der Waals surface area (Å²) < 4.78 is 26.7. The van der Waals surface area contributed by atoms with Crippen molar-refractivity contribution in [2.45, 2.75) is 44.1 Å². The van der Waals surface area contributed by atoms with Crippen LogP contribution in [-0.4, -0.2) is 31.4 Å². The highest BCUT2D eigenvalue weighted by Gasteiger charge is 2.29. The van der Waals surface area contributed by atoms with Gasteiger partial charge in [-0.05, 0) is 36.6 Å². The Balaban J connectivity index is 2.22.